The fourth-order valence-corrected chi connectivity index (χ4v) is 1.62. The summed E-state index contributed by atoms with van der Waals surface area (Å²) in [5.74, 6) is -10.6. The van der Waals surface area contributed by atoms with Crippen LogP contribution in [0.2, 0.25) is 0 Å². The van der Waals surface area contributed by atoms with Crippen molar-refractivity contribution in [3.63, 3.8) is 0 Å². The van der Waals surface area contributed by atoms with E-state index in [4.69, 9.17) is 4.42 Å². The van der Waals surface area contributed by atoms with Crippen LogP contribution in [0, 0.1) is 29.1 Å². The highest BCUT2D eigenvalue weighted by atomic mass is 19.2. The summed E-state index contributed by atoms with van der Waals surface area (Å²) in [5.41, 5.74) is -1.13. The molecule has 3 nitrogen and oxygen atoms in total. The third kappa shape index (κ3) is 2.90. The van der Waals surface area contributed by atoms with Crippen LogP contribution >= 0.6 is 0 Å². The van der Waals surface area contributed by atoms with Crippen molar-refractivity contribution in [2.75, 3.05) is 0 Å². The molecule has 0 unspecified atom stereocenters. The molecule has 1 aromatic carbocycles. The van der Waals surface area contributed by atoms with Gasteiger partial charge in [0.1, 0.15) is 0 Å². The number of aromatic nitrogens is 1. The molecule has 0 spiro atoms. The Morgan fingerprint density at radius 3 is 2.05 bits per heavy atom. The van der Waals surface area contributed by atoms with Gasteiger partial charge in [-0.25, -0.2) is 26.9 Å². The molecular formula is C13H11F5N2O. The molecule has 21 heavy (non-hydrogen) atoms. The molecule has 8 heteroatoms. The lowest BCUT2D eigenvalue weighted by Gasteiger charge is -2.06. The van der Waals surface area contributed by atoms with Gasteiger partial charge in [-0.3, -0.25) is 0 Å². The molecule has 1 heterocycles. The third-order valence-electron chi connectivity index (χ3n) is 2.67. The van der Waals surface area contributed by atoms with Gasteiger partial charge in [-0.2, -0.15) is 0 Å². The van der Waals surface area contributed by atoms with Crippen molar-refractivity contribution in [3.05, 3.63) is 41.2 Å². The Morgan fingerprint density at radius 2 is 1.52 bits per heavy atom. The average Bonchev–Trinajstić information content (AvgIpc) is 2.89. The summed E-state index contributed by atoms with van der Waals surface area (Å²) in [7, 11) is 0. The van der Waals surface area contributed by atoms with Crippen molar-refractivity contribution in [1.29, 1.82) is 0 Å². The number of hydrogen-bond acceptors (Lipinski definition) is 3. The predicted molar refractivity (Wildman–Crippen MR) is 63.7 cm³/mol. The normalized spacial score (nSPS) is 11.4. The van der Waals surface area contributed by atoms with Crippen LogP contribution in [-0.4, -0.2) is 11.0 Å². The Kier molecular flexibility index (Phi) is 4.26. The first kappa shape index (κ1) is 15.4. The van der Waals surface area contributed by atoms with Crippen molar-refractivity contribution in [1.82, 2.24) is 10.3 Å². The molecule has 0 saturated carbocycles. The molecule has 0 bridgehead atoms. The fourth-order valence-electron chi connectivity index (χ4n) is 1.62. The zero-order chi connectivity index (χ0) is 15.7. The van der Waals surface area contributed by atoms with Gasteiger partial charge in [0.25, 0.3) is 0 Å². The van der Waals surface area contributed by atoms with E-state index in [0.717, 1.165) is 6.20 Å². The molecule has 0 aliphatic heterocycles. The second kappa shape index (κ2) is 5.80. The van der Waals surface area contributed by atoms with Crippen molar-refractivity contribution in [2.45, 2.75) is 26.4 Å². The summed E-state index contributed by atoms with van der Waals surface area (Å²) < 4.78 is 71.4. The van der Waals surface area contributed by atoms with Gasteiger partial charge in [0.2, 0.25) is 11.7 Å². The second-order valence-corrected chi connectivity index (χ2v) is 4.60. The maximum Gasteiger partial charge on any atom is 0.208 e. The highest BCUT2D eigenvalue weighted by Gasteiger charge is 2.28. The summed E-state index contributed by atoms with van der Waals surface area (Å²) in [6, 6.07) is 0.106. The largest absolute Gasteiger partial charge is 0.439 e. The number of halogens is 5. The maximum absolute atomic E-state index is 13.6. The number of nitrogens with one attached hydrogen (secondary N) is 1. The molecule has 0 saturated heterocycles. The van der Waals surface area contributed by atoms with E-state index >= 15 is 0 Å². The summed E-state index contributed by atoms with van der Waals surface area (Å²) in [6.45, 7) is 3.87. The predicted octanol–water partition coefficient (Wildman–Crippen LogP) is 3.54. The summed E-state index contributed by atoms with van der Waals surface area (Å²) in [6.07, 6.45) is 0.912. The Labute approximate surface area is 116 Å². The summed E-state index contributed by atoms with van der Waals surface area (Å²) in [4.78, 5) is 3.73. The van der Waals surface area contributed by atoms with Crippen LogP contribution in [0.1, 0.15) is 19.7 Å². The summed E-state index contributed by atoms with van der Waals surface area (Å²) >= 11 is 0. The minimum Gasteiger partial charge on any atom is -0.439 e. The maximum atomic E-state index is 13.6. The number of benzene rings is 1. The quantitative estimate of drug-likeness (QED) is 0.533. The van der Waals surface area contributed by atoms with Crippen molar-refractivity contribution in [3.8, 4) is 11.3 Å². The van der Waals surface area contributed by atoms with Gasteiger partial charge >= 0.3 is 0 Å². The van der Waals surface area contributed by atoms with E-state index in [1.165, 1.54) is 0 Å². The second-order valence-electron chi connectivity index (χ2n) is 4.60. The van der Waals surface area contributed by atoms with Crippen molar-refractivity contribution in [2.24, 2.45) is 0 Å². The van der Waals surface area contributed by atoms with Crippen molar-refractivity contribution >= 4 is 0 Å². The molecular weight excluding hydrogens is 295 g/mol. The molecule has 0 aliphatic rings. The SMILES string of the molecule is CC(C)NCc1ncc(-c2c(F)c(F)c(F)c(F)c2F)o1. The molecule has 0 aliphatic carbocycles. The Morgan fingerprint density at radius 1 is 1.00 bits per heavy atom. The number of nitrogens with zero attached hydrogens (tertiary/aromatic N) is 1. The molecule has 0 amide bonds. The first-order valence-electron chi connectivity index (χ1n) is 6.02. The number of oxazole rings is 1. The van der Waals surface area contributed by atoms with Gasteiger partial charge in [-0.1, -0.05) is 13.8 Å². The smallest absolute Gasteiger partial charge is 0.208 e. The first-order valence-corrected chi connectivity index (χ1v) is 6.02. The molecule has 114 valence electrons. The monoisotopic (exact) mass is 306 g/mol. The van der Waals surface area contributed by atoms with Crippen LogP contribution in [0.5, 0.6) is 0 Å². The van der Waals surface area contributed by atoms with Gasteiger partial charge in [-0.15, -0.1) is 0 Å². The lowest BCUT2D eigenvalue weighted by molar-refractivity contribution is 0.377. The Bertz CT molecular complexity index is 640. The standard InChI is InChI=1S/C13H11F5N2O/c1-5(2)19-4-7-20-3-6(21-7)8-9(14)11(16)13(18)12(17)10(8)15/h3,5,19H,4H2,1-2H3. The summed E-state index contributed by atoms with van der Waals surface area (Å²) in [5, 5.41) is 2.94. The van der Waals surface area contributed by atoms with E-state index in [-0.39, 0.29) is 18.5 Å². The van der Waals surface area contributed by atoms with Crippen LogP contribution in [0.15, 0.2) is 10.6 Å². The molecule has 2 rings (SSSR count). The van der Waals surface area contributed by atoms with Gasteiger partial charge in [0.05, 0.1) is 18.3 Å². The number of rotatable bonds is 4. The highest BCUT2D eigenvalue weighted by molar-refractivity contribution is 5.58. The van der Waals surface area contributed by atoms with E-state index in [0.29, 0.717) is 0 Å². The van der Waals surface area contributed by atoms with Gasteiger partial charge in [-0.05, 0) is 0 Å². The topological polar surface area (TPSA) is 38.1 Å². The van der Waals surface area contributed by atoms with Crippen molar-refractivity contribution < 1.29 is 26.4 Å². The highest BCUT2D eigenvalue weighted by Crippen LogP contribution is 2.31. The van der Waals surface area contributed by atoms with Gasteiger partial charge in [0, 0.05) is 6.04 Å². The molecule has 2 aromatic rings. The lowest BCUT2D eigenvalue weighted by Crippen LogP contribution is -2.21. The number of hydrogen-bond donors (Lipinski definition) is 1. The minimum atomic E-state index is -2.21. The van der Waals surface area contributed by atoms with E-state index in [9.17, 15) is 22.0 Å². The molecule has 0 atom stereocenters. The van der Waals surface area contributed by atoms with Gasteiger partial charge in [0.15, 0.2) is 29.0 Å². The third-order valence-corrected chi connectivity index (χ3v) is 2.67. The van der Waals surface area contributed by atoms with E-state index in [1.54, 1.807) is 0 Å². The molecule has 1 aromatic heterocycles. The first-order chi connectivity index (χ1) is 9.82. The lowest BCUT2D eigenvalue weighted by atomic mass is 10.1. The van der Waals surface area contributed by atoms with Crippen LogP contribution in [0.3, 0.4) is 0 Å². The fraction of sp³-hybridized carbons (Fsp3) is 0.308. The Hall–Kier alpha value is -1.96. The minimum absolute atomic E-state index is 0.0719. The van der Waals surface area contributed by atoms with Crippen LogP contribution < -0.4 is 5.32 Å². The van der Waals surface area contributed by atoms with Crippen LogP contribution in [0.25, 0.3) is 11.3 Å². The van der Waals surface area contributed by atoms with Crippen LogP contribution in [0.4, 0.5) is 22.0 Å². The molecule has 0 fully saturated rings. The van der Waals surface area contributed by atoms with E-state index in [2.05, 4.69) is 10.3 Å². The molecule has 1 N–H and O–H groups in total. The zero-order valence-corrected chi connectivity index (χ0v) is 11.1. The Balaban J connectivity index is 2.43. The van der Waals surface area contributed by atoms with E-state index in [1.807, 2.05) is 13.8 Å². The van der Waals surface area contributed by atoms with E-state index < -0.39 is 40.4 Å². The van der Waals surface area contributed by atoms with Gasteiger partial charge < -0.3 is 9.73 Å². The zero-order valence-electron chi connectivity index (χ0n) is 11.1. The van der Waals surface area contributed by atoms with Crippen LogP contribution in [-0.2, 0) is 6.54 Å². The molecule has 0 radical (unpaired) electrons. The average molecular weight is 306 g/mol.